The van der Waals surface area contributed by atoms with Crippen molar-refractivity contribution in [3.05, 3.63) is 29.8 Å². The lowest BCUT2D eigenvalue weighted by Crippen LogP contribution is -2.33. The molecule has 1 heterocycles. The summed E-state index contributed by atoms with van der Waals surface area (Å²) in [6.07, 6.45) is 1.20. The van der Waals surface area contributed by atoms with Crippen molar-refractivity contribution in [2.75, 3.05) is 25.0 Å². The summed E-state index contributed by atoms with van der Waals surface area (Å²) in [7, 11) is 0. The van der Waals surface area contributed by atoms with Gasteiger partial charge in [0.25, 0.3) is 0 Å². The molecule has 0 saturated carbocycles. The van der Waals surface area contributed by atoms with Gasteiger partial charge < -0.3 is 10.6 Å². The van der Waals surface area contributed by atoms with E-state index in [9.17, 15) is 0 Å². The molecule has 0 spiro atoms. The lowest BCUT2D eigenvalue weighted by atomic mass is 9.94. The van der Waals surface area contributed by atoms with Gasteiger partial charge in [-0.1, -0.05) is 32.0 Å². The number of fused-ring (bicyclic) bond motifs is 1. The number of nitrogens with one attached hydrogen (secondary N) is 2. The van der Waals surface area contributed by atoms with Gasteiger partial charge in [0, 0.05) is 12.2 Å². The Hall–Kier alpha value is -1.02. The molecule has 2 heteroatoms. The molecular weight excluding hydrogens is 196 g/mol. The lowest BCUT2D eigenvalue weighted by Gasteiger charge is -2.26. The Morgan fingerprint density at radius 1 is 1.38 bits per heavy atom. The van der Waals surface area contributed by atoms with Gasteiger partial charge in [0.1, 0.15) is 0 Å². The second kappa shape index (κ2) is 5.35. The van der Waals surface area contributed by atoms with Crippen LogP contribution in [0.5, 0.6) is 0 Å². The van der Waals surface area contributed by atoms with Gasteiger partial charge >= 0.3 is 0 Å². The average molecular weight is 218 g/mol. The minimum atomic E-state index is 0.730. The molecule has 1 aliphatic rings. The molecule has 88 valence electrons. The number of hydrogen-bond donors (Lipinski definition) is 2. The molecule has 0 aliphatic carbocycles. The third-order valence-electron chi connectivity index (χ3n) is 3.09. The highest BCUT2D eigenvalue weighted by atomic mass is 14.9. The van der Waals surface area contributed by atoms with Crippen LogP contribution >= 0.6 is 0 Å². The fourth-order valence-corrected chi connectivity index (χ4v) is 2.23. The van der Waals surface area contributed by atoms with Crippen molar-refractivity contribution in [2.45, 2.75) is 20.3 Å². The van der Waals surface area contributed by atoms with E-state index < -0.39 is 0 Å². The van der Waals surface area contributed by atoms with Crippen LogP contribution in [0.15, 0.2) is 24.3 Å². The molecule has 1 atom stereocenters. The Balaban J connectivity index is 1.83. The summed E-state index contributed by atoms with van der Waals surface area (Å²) in [5.41, 5.74) is 2.78. The summed E-state index contributed by atoms with van der Waals surface area (Å²) >= 11 is 0. The molecule has 0 fully saturated rings. The van der Waals surface area contributed by atoms with Crippen LogP contribution in [0.4, 0.5) is 5.69 Å². The van der Waals surface area contributed by atoms with Crippen molar-refractivity contribution in [3.63, 3.8) is 0 Å². The van der Waals surface area contributed by atoms with Gasteiger partial charge in [0.15, 0.2) is 0 Å². The molecule has 1 aliphatic heterocycles. The second-order valence-electron chi connectivity index (χ2n) is 5.16. The van der Waals surface area contributed by atoms with Crippen molar-refractivity contribution in [1.82, 2.24) is 5.32 Å². The van der Waals surface area contributed by atoms with E-state index in [1.807, 2.05) is 0 Å². The summed E-state index contributed by atoms with van der Waals surface area (Å²) in [6, 6.07) is 8.64. The maximum Gasteiger partial charge on any atom is 0.0372 e. The molecule has 2 nitrogen and oxygen atoms in total. The lowest BCUT2D eigenvalue weighted by molar-refractivity contribution is 0.455. The monoisotopic (exact) mass is 218 g/mol. The average Bonchev–Trinajstić information content (AvgIpc) is 2.28. The van der Waals surface area contributed by atoms with Gasteiger partial charge in [-0.3, -0.25) is 0 Å². The Bertz CT molecular complexity index is 333. The summed E-state index contributed by atoms with van der Waals surface area (Å²) < 4.78 is 0. The first kappa shape index (κ1) is 11.5. The van der Waals surface area contributed by atoms with E-state index in [4.69, 9.17) is 0 Å². The van der Waals surface area contributed by atoms with Crippen LogP contribution in [0.25, 0.3) is 0 Å². The first-order valence-corrected chi connectivity index (χ1v) is 6.28. The zero-order valence-electron chi connectivity index (χ0n) is 10.3. The predicted molar refractivity (Wildman–Crippen MR) is 69.8 cm³/mol. The molecule has 2 rings (SSSR count). The number of rotatable bonds is 4. The molecule has 1 aromatic carbocycles. The summed E-state index contributed by atoms with van der Waals surface area (Å²) in [5, 5.41) is 7.06. The summed E-state index contributed by atoms with van der Waals surface area (Å²) in [6.45, 7) is 7.85. The minimum Gasteiger partial charge on any atom is -0.384 e. The van der Waals surface area contributed by atoms with Crippen LogP contribution in [0.3, 0.4) is 0 Å². The maximum atomic E-state index is 3.55. The standard InChI is InChI=1S/C14H22N2/c1-11(2)8-15-9-12-7-13-5-3-4-6-14(13)16-10-12/h3-6,11-12,15-16H,7-10H2,1-2H3. The van der Waals surface area contributed by atoms with Crippen LogP contribution in [0.2, 0.25) is 0 Å². The maximum absolute atomic E-state index is 3.55. The molecule has 2 N–H and O–H groups in total. The molecule has 0 aromatic heterocycles. The van der Waals surface area contributed by atoms with Gasteiger partial charge in [0.2, 0.25) is 0 Å². The van der Waals surface area contributed by atoms with Crippen LogP contribution in [0.1, 0.15) is 19.4 Å². The third-order valence-corrected chi connectivity index (χ3v) is 3.09. The Labute approximate surface area is 98.4 Å². The van der Waals surface area contributed by atoms with Crippen LogP contribution in [-0.2, 0) is 6.42 Å². The van der Waals surface area contributed by atoms with E-state index in [-0.39, 0.29) is 0 Å². The summed E-state index contributed by atoms with van der Waals surface area (Å²) in [5.74, 6) is 1.47. The van der Waals surface area contributed by atoms with Gasteiger partial charge in [-0.05, 0) is 43.0 Å². The van der Waals surface area contributed by atoms with E-state index >= 15 is 0 Å². The fourth-order valence-electron chi connectivity index (χ4n) is 2.23. The van der Waals surface area contributed by atoms with Gasteiger partial charge in [-0.2, -0.15) is 0 Å². The molecule has 0 radical (unpaired) electrons. The van der Waals surface area contributed by atoms with Crippen molar-refractivity contribution in [2.24, 2.45) is 11.8 Å². The largest absolute Gasteiger partial charge is 0.384 e. The van der Waals surface area contributed by atoms with E-state index in [0.717, 1.165) is 31.5 Å². The van der Waals surface area contributed by atoms with E-state index in [2.05, 4.69) is 48.7 Å². The van der Waals surface area contributed by atoms with Crippen molar-refractivity contribution in [1.29, 1.82) is 0 Å². The number of hydrogen-bond acceptors (Lipinski definition) is 2. The zero-order valence-corrected chi connectivity index (χ0v) is 10.3. The first-order valence-electron chi connectivity index (χ1n) is 6.28. The van der Waals surface area contributed by atoms with Crippen molar-refractivity contribution >= 4 is 5.69 Å². The third kappa shape index (κ3) is 2.99. The first-order chi connectivity index (χ1) is 7.75. The fraction of sp³-hybridized carbons (Fsp3) is 0.571. The second-order valence-corrected chi connectivity index (χ2v) is 5.16. The summed E-state index contributed by atoms with van der Waals surface area (Å²) in [4.78, 5) is 0. The van der Waals surface area contributed by atoms with Crippen molar-refractivity contribution < 1.29 is 0 Å². The Kier molecular flexibility index (Phi) is 3.83. The van der Waals surface area contributed by atoms with Gasteiger partial charge in [-0.15, -0.1) is 0 Å². The topological polar surface area (TPSA) is 24.1 Å². The molecule has 0 saturated heterocycles. The molecular formula is C14H22N2. The van der Waals surface area contributed by atoms with E-state index in [1.165, 1.54) is 17.7 Å². The van der Waals surface area contributed by atoms with Crippen LogP contribution in [0, 0.1) is 11.8 Å². The van der Waals surface area contributed by atoms with E-state index in [1.54, 1.807) is 0 Å². The predicted octanol–water partition coefficient (Wildman–Crippen LogP) is 2.52. The van der Waals surface area contributed by atoms with Gasteiger partial charge in [0.05, 0.1) is 0 Å². The van der Waals surface area contributed by atoms with Crippen LogP contribution < -0.4 is 10.6 Å². The highest BCUT2D eigenvalue weighted by Gasteiger charge is 2.16. The SMILES string of the molecule is CC(C)CNCC1CNc2ccccc2C1. The zero-order chi connectivity index (χ0) is 11.4. The number of para-hydroxylation sites is 1. The highest BCUT2D eigenvalue weighted by molar-refractivity contribution is 5.53. The molecule has 16 heavy (non-hydrogen) atoms. The smallest absolute Gasteiger partial charge is 0.0372 e. The quantitative estimate of drug-likeness (QED) is 0.811. The van der Waals surface area contributed by atoms with Gasteiger partial charge in [-0.25, -0.2) is 0 Å². The molecule has 1 unspecified atom stereocenters. The molecule has 0 bridgehead atoms. The number of anilines is 1. The molecule has 1 aromatic rings. The Morgan fingerprint density at radius 2 is 2.19 bits per heavy atom. The minimum absolute atomic E-state index is 0.730. The van der Waals surface area contributed by atoms with Crippen molar-refractivity contribution in [3.8, 4) is 0 Å². The highest BCUT2D eigenvalue weighted by Crippen LogP contribution is 2.23. The number of benzene rings is 1. The van der Waals surface area contributed by atoms with E-state index in [0.29, 0.717) is 0 Å². The van der Waals surface area contributed by atoms with Crippen LogP contribution in [-0.4, -0.2) is 19.6 Å². The molecule has 0 amide bonds. The Morgan fingerprint density at radius 3 is 3.00 bits per heavy atom. The normalized spacial score (nSPS) is 19.3.